The van der Waals surface area contributed by atoms with Gasteiger partial charge in [0.15, 0.2) is 6.73 Å². The number of carbonyl (C=O) groups is 1. The average Bonchev–Trinajstić information content (AvgIpc) is 2.97. The fourth-order valence-electron chi connectivity index (χ4n) is 2.75. The number of nitrogens with zero attached hydrogens (tertiary/aromatic N) is 1. The summed E-state index contributed by atoms with van der Waals surface area (Å²) >= 11 is 0. The van der Waals surface area contributed by atoms with Gasteiger partial charge >= 0.3 is 13.2 Å². The molecule has 9 nitrogen and oxygen atoms in total. The molecule has 0 spiro atoms. The van der Waals surface area contributed by atoms with Gasteiger partial charge in [-0.25, -0.2) is 4.79 Å². The van der Waals surface area contributed by atoms with Crippen LogP contribution in [0.1, 0.15) is 17.2 Å². The monoisotopic (exact) mass is 372 g/mol. The summed E-state index contributed by atoms with van der Waals surface area (Å²) in [7, 11) is -1.33. The van der Waals surface area contributed by atoms with Crippen LogP contribution in [-0.2, 0) is 16.0 Å². The zero-order valence-electron chi connectivity index (χ0n) is 14.2. The topological polar surface area (TPSA) is 120 Å². The minimum atomic E-state index is -1.33. The first-order chi connectivity index (χ1) is 13.0. The molecule has 140 valence electrons. The normalized spacial score (nSPS) is 15.1. The summed E-state index contributed by atoms with van der Waals surface area (Å²) < 4.78 is 15.8. The van der Waals surface area contributed by atoms with Gasteiger partial charge in [-0.05, 0) is 17.2 Å². The van der Waals surface area contributed by atoms with Gasteiger partial charge in [0.1, 0.15) is 18.5 Å². The highest BCUT2D eigenvalue weighted by atomic mass is 16.6. The number of hydrogen-bond acceptors (Lipinski definition) is 7. The first-order valence-corrected chi connectivity index (χ1v) is 8.20. The number of fused-ring (bicyclic) bond motifs is 1. The number of amides is 1. The Morgan fingerprint density at radius 1 is 1.26 bits per heavy atom. The van der Waals surface area contributed by atoms with E-state index in [4.69, 9.17) is 14.1 Å². The van der Waals surface area contributed by atoms with Crippen LogP contribution in [0.25, 0.3) is 0 Å². The molecule has 1 aliphatic rings. The second kappa shape index (κ2) is 8.52. The first kappa shape index (κ1) is 18.7. The summed E-state index contributed by atoms with van der Waals surface area (Å²) in [6, 6.07) is 14.1. The van der Waals surface area contributed by atoms with Crippen LogP contribution < -0.4 is 15.5 Å². The van der Waals surface area contributed by atoms with Gasteiger partial charge in [-0.1, -0.05) is 42.5 Å². The van der Waals surface area contributed by atoms with E-state index < -0.39 is 30.8 Å². The summed E-state index contributed by atoms with van der Waals surface area (Å²) in [6.45, 7) is -0.531. The second-order valence-electron chi connectivity index (χ2n) is 5.78. The lowest BCUT2D eigenvalue weighted by Crippen LogP contribution is -2.33. The number of carbonyl (C=O) groups excluding carboxylic acids is 1. The van der Waals surface area contributed by atoms with Crippen LogP contribution in [0.5, 0.6) is 5.75 Å². The predicted octanol–water partition coefficient (Wildman–Crippen LogP) is 0.985. The van der Waals surface area contributed by atoms with Crippen molar-refractivity contribution in [1.29, 1.82) is 0 Å². The van der Waals surface area contributed by atoms with Crippen molar-refractivity contribution in [2.75, 3.05) is 13.3 Å². The maximum atomic E-state index is 11.7. The molecule has 2 N–H and O–H groups in total. The lowest BCUT2D eigenvalue weighted by molar-refractivity contribution is -0.490. The minimum absolute atomic E-state index is 0.128. The maximum Gasteiger partial charge on any atom is 0.496 e. The number of nitro groups is 1. The zero-order chi connectivity index (χ0) is 19.2. The molecule has 2 aromatic rings. The Balaban J connectivity index is 1.54. The van der Waals surface area contributed by atoms with Gasteiger partial charge in [-0.3, -0.25) is 15.4 Å². The Morgan fingerprint density at radius 3 is 2.78 bits per heavy atom. The van der Waals surface area contributed by atoms with E-state index in [2.05, 4.69) is 5.32 Å². The van der Waals surface area contributed by atoms with Crippen LogP contribution >= 0.6 is 0 Å². The standard InChI is InChI=1S/C17H17BN2O7/c21-17(25-10-12-5-2-1-3-6-12)19-11-26-14-8-4-7-13-15(9-20(23)24)27-18(22)16(13)14/h1-8,15,22H,9-11H2,(H,19,21). The number of nitrogens with one attached hydrogen (secondary N) is 1. The number of ether oxygens (including phenoxy) is 2. The Morgan fingerprint density at radius 2 is 2.04 bits per heavy atom. The molecule has 1 atom stereocenters. The third kappa shape index (κ3) is 4.75. The Labute approximate surface area is 155 Å². The molecule has 1 heterocycles. The van der Waals surface area contributed by atoms with Gasteiger partial charge in [0, 0.05) is 10.4 Å². The molecule has 27 heavy (non-hydrogen) atoms. The number of rotatable bonds is 7. The van der Waals surface area contributed by atoms with E-state index in [1.807, 2.05) is 30.3 Å². The van der Waals surface area contributed by atoms with Crippen LogP contribution in [-0.4, -0.2) is 36.4 Å². The van der Waals surface area contributed by atoms with Gasteiger partial charge < -0.3 is 19.2 Å². The molecular weight excluding hydrogens is 355 g/mol. The maximum absolute atomic E-state index is 11.7. The van der Waals surface area contributed by atoms with Gasteiger partial charge in [0.25, 0.3) is 0 Å². The molecule has 0 aromatic heterocycles. The molecule has 0 fully saturated rings. The van der Waals surface area contributed by atoms with E-state index >= 15 is 0 Å². The molecule has 0 saturated heterocycles. The molecule has 0 saturated carbocycles. The molecule has 10 heteroatoms. The SMILES string of the molecule is O=C(NCOc1cccc2c1B(O)OC2C[N+](=O)[O-])OCc1ccccc1. The van der Waals surface area contributed by atoms with Crippen LogP contribution in [0.4, 0.5) is 4.79 Å². The van der Waals surface area contributed by atoms with Crippen LogP contribution in [0.15, 0.2) is 48.5 Å². The van der Waals surface area contributed by atoms with Crippen LogP contribution in [0.2, 0.25) is 0 Å². The molecule has 1 aliphatic heterocycles. The fourth-order valence-corrected chi connectivity index (χ4v) is 2.75. The number of alkyl carbamates (subject to hydrolysis) is 1. The van der Waals surface area contributed by atoms with Gasteiger partial charge in [-0.2, -0.15) is 0 Å². The van der Waals surface area contributed by atoms with Gasteiger partial charge in [-0.15, -0.1) is 0 Å². The summed E-state index contributed by atoms with van der Waals surface area (Å²) in [5, 5.41) is 23.2. The van der Waals surface area contributed by atoms with E-state index in [1.165, 1.54) is 0 Å². The van der Waals surface area contributed by atoms with Gasteiger partial charge in [0.05, 0.1) is 0 Å². The van der Waals surface area contributed by atoms with E-state index in [1.54, 1.807) is 18.2 Å². The summed E-state index contributed by atoms with van der Waals surface area (Å²) in [4.78, 5) is 21.9. The van der Waals surface area contributed by atoms with Gasteiger partial charge in [0.2, 0.25) is 6.54 Å². The fraction of sp³-hybridized carbons (Fsp3) is 0.235. The quantitative estimate of drug-likeness (QED) is 0.322. The van der Waals surface area contributed by atoms with Crippen LogP contribution in [0, 0.1) is 10.1 Å². The highest BCUT2D eigenvalue weighted by molar-refractivity contribution is 6.62. The van der Waals surface area contributed by atoms with Crippen molar-refractivity contribution in [3.63, 3.8) is 0 Å². The predicted molar refractivity (Wildman–Crippen MR) is 95.0 cm³/mol. The molecule has 1 amide bonds. The van der Waals surface area contributed by atoms with Crippen molar-refractivity contribution in [3.8, 4) is 5.75 Å². The molecule has 0 radical (unpaired) electrons. The Kier molecular flexibility index (Phi) is 5.89. The molecule has 0 bridgehead atoms. The molecule has 3 rings (SSSR count). The van der Waals surface area contributed by atoms with Crippen molar-refractivity contribution < 1.29 is 28.9 Å². The van der Waals surface area contributed by atoms with E-state index in [9.17, 15) is 19.9 Å². The Bertz CT molecular complexity index is 818. The summed E-state index contributed by atoms with van der Waals surface area (Å²) in [6.07, 6.45) is -1.51. The third-order valence-corrected chi connectivity index (χ3v) is 3.96. The summed E-state index contributed by atoms with van der Waals surface area (Å²) in [5.41, 5.74) is 1.67. The lowest BCUT2D eigenvalue weighted by Gasteiger charge is -2.12. The number of hydrogen-bond donors (Lipinski definition) is 2. The molecule has 1 unspecified atom stereocenters. The van der Waals surface area contributed by atoms with Crippen molar-refractivity contribution in [2.45, 2.75) is 12.7 Å². The van der Waals surface area contributed by atoms with E-state index in [0.717, 1.165) is 5.56 Å². The second-order valence-corrected chi connectivity index (χ2v) is 5.78. The van der Waals surface area contributed by atoms with Crippen molar-refractivity contribution in [3.05, 3.63) is 69.8 Å². The van der Waals surface area contributed by atoms with Crippen molar-refractivity contribution >= 4 is 18.7 Å². The summed E-state index contributed by atoms with van der Waals surface area (Å²) in [5.74, 6) is 0.272. The van der Waals surface area contributed by atoms with E-state index in [-0.39, 0.29) is 19.1 Å². The molecular formula is C17H17BN2O7. The largest absolute Gasteiger partial charge is 0.496 e. The third-order valence-electron chi connectivity index (χ3n) is 3.96. The Hall–Kier alpha value is -3.11. The number of benzene rings is 2. The zero-order valence-corrected chi connectivity index (χ0v) is 14.2. The minimum Gasteiger partial charge on any atom is -0.473 e. The highest BCUT2D eigenvalue weighted by Gasteiger charge is 2.40. The molecule has 0 aliphatic carbocycles. The van der Waals surface area contributed by atoms with Crippen molar-refractivity contribution in [1.82, 2.24) is 5.32 Å². The van der Waals surface area contributed by atoms with E-state index in [0.29, 0.717) is 11.0 Å². The smallest absolute Gasteiger partial charge is 0.473 e. The van der Waals surface area contributed by atoms with Crippen LogP contribution in [0.3, 0.4) is 0 Å². The first-order valence-electron chi connectivity index (χ1n) is 8.20. The lowest BCUT2D eigenvalue weighted by atomic mass is 9.78. The van der Waals surface area contributed by atoms with Crippen molar-refractivity contribution in [2.24, 2.45) is 0 Å². The highest BCUT2D eigenvalue weighted by Crippen LogP contribution is 2.27. The molecule has 2 aromatic carbocycles. The average molecular weight is 372 g/mol.